The third-order valence-corrected chi connectivity index (χ3v) is 9.21. The molecule has 3 N–H and O–H groups in total. The monoisotopic (exact) mass is 723 g/mol. The number of ether oxygens (including phenoxy) is 2. The maximum absolute atomic E-state index is 14.1. The highest BCUT2D eigenvalue weighted by molar-refractivity contribution is 6.43. The largest absolute Gasteiger partial charge is 0.461 e. The minimum absolute atomic E-state index is 0.0661. The van der Waals surface area contributed by atoms with E-state index in [0.29, 0.717) is 29.8 Å². The van der Waals surface area contributed by atoms with Crippen molar-refractivity contribution in [3.63, 3.8) is 0 Å². The molecule has 6 rings (SSSR count). The number of amides is 2. The molecule has 274 valence electrons. The Morgan fingerprint density at radius 2 is 1.33 bits per heavy atom. The zero-order valence-electron chi connectivity index (χ0n) is 29.9. The third kappa shape index (κ3) is 9.37. The zero-order valence-corrected chi connectivity index (χ0v) is 29.9. The number of hydrogen-bond donors (Lipinski definition) is 2. The van der Waals surface area contributed by atoms with E-state index in [1.807, 2.05) is 108 Å². The lowest BCUT2D eigenvalue weighted by atomic mass is 10.1. The predicted octanol–water partition coefficient (Wildman–Crippen LogP) is 5.87. The fourth-order valence-electron chi connectivity index (χ4n) is 6.26. The average molecular weight is 724 g/mol. The van der Waals surface area contributed by atoms with Crippen LogP contribution in [0, 0.1) is 0 Å². The van der Waals surface area contributed by atoms with Crippen LogP contribution in [0.5, 0.6) is 0 Å². The van der Waals surface area contributed by atoms with Crippen LogP contribution in [0.4, 0.5) is 11.4 Å². The minimum atomic E-state index is -0.790. The van der Waals surface area contributed by atoms with Crippen molar-refractivity contribution in [3.8, 4) is 0 Å². The van der Waals surface area contributed by atoms with Gasteiger partial charge in [0.25, 0.3) is 5.91 Å². The van der Waals surface area contributed by atoms with Crippen LogP contribution in [0.1, 0.15) is 44.6 Å². The molecule has 11 nitrogen and oxygen atoms in total. The Morgan fingerprint density at radius 3 is 1.94 bits per heavy atom. The molecule has 0 spiro atoms. The van der Waals surface area contributed by atoms with Gasteiger partial charge in [-0.05, 0) is 59.0 Å². The minimum Gasteiger partial charge on any atom is -0.461 e. The molecule has 54 heavy (non-hydrogen) atoms. The van der Waals surface area contributed by atoms with Crippen molar-refractivity contribution in [1.82, 2.24) is 4.90 Å². The zero-order chi connectivity index (χ0) is 37.9. The van der Waals surface area contributed by atoms with E-state index in [4.69, 9.17) is 15.3 Å². The highest BCUT2D eigenvalue weighted by Gasteiger charge is 2.35. The summed E-state index contributed by atoms with van der Waals surface area (Å²) in [6, 6.07) is 39.5. The first kappa shape index (κ1) is 37.0. The topological polar surface area (TPSA) is 144 Å². The van der Waals surface area contributed by atoms with Crippen LogP contribution < -0.4 is 16.1 Å². The van der Waals surface area contributed by atoms with E-state index in [2.05, 4.69) is 10.4 Å². The van der Waals surface area contributed by atoms with Crippen molar-refractivity contribution in [2.45, 2.75) is 38.6 Å². The Balaban J connectivity index is 1.16. The number of nitrogens with two attached hydrogens (primary N) is 1. The Morgan fingerprint density at radius 1 is 0.759 bits per heavy atom. The summed E-state index contributed by atoms with van der Waals surface area (Å²) in [7, 11) is 1.79. The van der Waals surface area contributed by atoms with Gasteiger partial charge in [0.05, 0.1) is 6.42 Å². The van der Waals surface area contributed by atoms with Crippen molar-refractivity contribution in [3.05, 3.63) is 167 Å². The quantitative estimate of drug-likeness (QED) is 0.0665. The molecule has 2 amide bonds. The molecule has 1 aliphatic heterocycles. The number of nitrogens with zero attached hydrogens (tertiary/aromatic N) is 3. The molecule has 0 fully saturated rings. The van der Waals surface area contributed by atoms with E-state index < -0.39 is 18.0 Å². The van der Waals surface area contributed by atoms with Gasteiger partial charge in [0, 0.05) is 42.6 Å². The van der Waals surface area contributed by atoms with E-state index in [1.54, 1.807) is 42.3 Å². The van der Waals surface area contributed by atoms with Crippen LogP contribution in [0.25, 0.3) is 0 Å². The van der Waals surface area contributed by atoms with Crippen LogP contribution in [-0.2, 0) is 50.0 Å². The molecule has 1 aliphatic rings. The van der Waals surface area contributed by atoms with Gasteiger partial charge < -0.3 is 30.4 Å². The van der Waals surface area contributed by atoms with E-state index >= 15 is 0 Å². The van der Waals surface area contributed by atoms with Crippen LogP contribution in [0.15, 0.2) is 139 Å². The molecule has 5 aromatic rings. The standard InChI is InChI=1S/C43H41N5O6/c1-47-37-22-21-36(45-41(50)34-19-17-33(18-20-34)40(46-44)43(52)54-29-32-15-9-4-10-16-32)25-35(37)27-48(24-23-30-11-5-2-6-12-30)42(51)38(47)26-39(49)53-28-31-13-7-3-8-14-31/h2-22,25,38H,23-24,26-29,44H2,1H3,(H,45,50). The number of anilines is 2. The molecule has 11 heteroatoms. The highest BCUT2D eigenvalue weighted by atomic mass is 16.5. The number of rotatable bonds is 13. The molecule has 0 aliphatic carbocycles. The average Bonchev–Trinajstić information content (AvgIpc) is 3.30. The fourth-order valence-corrected chi connectivity index (χ4v) is 6.26. The summed E-state index contributed by atoms with van der Waals surface area (Å²) in [5, 5.41) is 6.58. The molecule has 0 radical (unpaired) electrons. The van der Waals surface area contributed by atoms with Crippen molar-refractivity contribution in [2.75, 3.05) is 23.8 Å². The number of esters is 2. The lowest BCUT2D eigenvalue weighted by Crippen LogP contribution is -2.46. The van der Waals surface area contributed by atoms with Gasteiger partial charge in [-0.1, -0.05) is 103 Å². The van der Waals surface area contributed by atoms with Gasteiger partial charge in [0.2, 0.25) is 5.91 Å². The summed E-state index contributed by atoms with van der Waals surface area (Å²) in [4.78, 5) is 56.9. The molecule has 0 aromatic heterocycles. The van der Waals surface area contributed by atoms with Gasteiger partial charge in [-0.25, -0.2) is 4.79 Å². The van der Waals surface area contributed by atoms with Gasteiger partial charge in [-0.2, -0.15) is 5.10 Å². The molecule has 0 saturated heterocycles. The summed E-state index contributed by atoms with van der Waals surface area (Å²) in [6.45, 7) is 0.896. The van der Waals surface area contributed by atoms with Gasteiger partial charge in [-0.3, -0.25) is 14.4 Å². The number of carbonyl (C=O) groups excluding carboxylic acids is 4. The van der Waals surface area contributed by atoms with Gasteiger partial charge in [0.15, 0.2) is 5.71 Å². The van der Waals surface area contributed by atoms with Crippen LogP contribution >= 0.6 is 0 Å². The number of likely N-dealkylation sites (N-methyl/N-ethyl adjacent to an activating group) is 1. The maximum atomic E-state index is 14.1. The first-order chi connectivity index (χ1) is 26.3. The van der Waals surface area contributed by atoms with Crippen molar-refractivity contribution < 1.29 is 28.7 Å². The molecule has 0 bridgehead atoms. The molecule has 1 heterocycles. The molecular weight excluding hydrogens is 683 g/mol. The number of fused-ring (bicyclic) bond motifs is 1. The number of hydrogen-bond acceptors (Lipinski definition) is 9. The highest BCUT2D eigenvalue weighted by Crippen LogP contribution is 2.31. The number of carbonyl (C=O) groups is 4. The smallest absolute Gasteiger partial charge is 0.359 e. The second-order valence-corrected chi connectivity index (χ2v) is 12.9. The second-order valence-electron chi connectivity index (χ2n) is 12.9. The van der Waals surface area contributed by atoms with Crippen molar-refractivity contribution in [1.29, 1.82) is 0 Å². The Hall–Kier alpha value is -6.75. The van der Waals surface area contributed by atoms with Crippen molar-refractivity contribution in [2.24, 2.45) is 10.9 Å². The Kier molecular flexibility index (Phi) is 12.1. The lowest BCUT2D eigenvalue weighted by molar-refractivity contribution is -0.148. The Bertz CT molecular complexity index is 2110. The predicted molar refractivity (Wildman–Crippen MR) is 206 cm³/mol. The normalized spacial score (nSPS) is 14.1. The van der Waals surface area contributed by atoms with E-state index in [1.165, 1.54) is 0 Å². The number of benzene rings is 5. The van der Waals surface area contributed by atoms with Gasteiger partial charge in [-0.15, -0.1) is 0 Å². The third-order valence-electron chi connectivity index (χ3n) is 9.21. The maximum Gasteiger partial charge on any atom is 0.359 e. The summed E-state index contributed by atoms with van der Waals surface area (Å²) in [6.07, 6.45) is 0.504. The molecule has 5 aromatic carbocycles. The van der Waals surface area contributed by atoms with E-state index in [-0.39, 0.29) is 43.7 Å². The lowest BCUT2D eigenvalue weighted by Gasteiger charge is -2.29. The van der Waals surface area contributed by atoms with Crippen molar-refractivity contribution >= 4 is 40.8 Å². The number of hydrazone groups is 1. The first-order valence-corrected chi connectivity index (χ1v) is 17.6. The van der Waals surface area contributed by atoms with Crippen LogP contribution in [-0.4, -0.2) is 54.0 Å². The van der Waals surface area contributed by atoms with Gasteiger partial charge in [0.1, 0.15) is 19.3 Å². The fraction of sp³-hybridized carbons (Fsp3) is 0.186. The molecular formula is C43H41N5O6. The van der Waals surface area contributed by atoms with Crippen LogP contribution in [0.3, 0.4) is 0 Å². The second kappa shape index (κ2) is 17.6. The molecule has 0 saturated carbocycles. The summed E-state index contributed by atoms with van der Waals surface area (Å²) < 4.78 is 11.0. The summed E-state index contributed by atoms with van der Waals surface area (Å²) in [5.41, 5.74) is 5.55. The summed E-state index contributed by atoms with van der Waals surface area (Å²) >= 11 is 0. The van der Waals surface area contributed by atoms with E-state index in [9.17, 15) is 19.2 Å². The molecule has 1 unspecified atom stereocenters. The van der Waals surface area contributed by atoms with Crippen LogP contribution in [0.2, 0.25) is 0 Å². The first-order valence-electron chi connectivity index (χ1n) is 17.6. The molecule has 1 atom stereocenters. The Labute approximate surface area is 314 Å². The van der Waals surface area contributed by atoms with Gasteiger partial charge >= 0.3 is 11.9 Å². The number of nitrogens with one attached hydrogen (secondary N) is 1. The van der Waals surface area contributed by atoms with E-state index in [0.717, 1.165) is 27.9 Å². The summed E-state index contributed by atoms with van der Waals surface area (Å²) in [5.74, 6) is 3.82. The SMILES string of the molecule is CN1c2ccc(NC(=O)c3ccc(C(=NN)C(=O)OCc4ccccc4)cc3)cc2CN(CCc2ccccc2)C(=O)C1CC(=O)OCc1ccccc1.